The van der Waals surface area contributed by atoms with E-state index in [0.29, 0.717) is 35.6 Å². The van der Waals surface area contributed by atoms with E-state index in [1.54, 1.807) is 48.5 Å². The zero-order valence-electron chi connectivity index (χ0n) is 15.4. The van der Waals surface area contributed by atoms with Gasteiger partial charge in [-0.2, -0.15) is 0 Å². The summed E-state index contributed by atoms with van der Waals surface area (Å²) in [6.45, 7) is 2.46. The molecule has 0 aliphatic carbocycles. The van der Waals surface area contributed by atoms with Crippen molar-refractivity contribution in [2.75, 3.05) is 11.9 Å². The van der Waals surface area contributed by atoms with Crippen molar-refractivity contribution in [2.45, 2.75) is 32.0 Å². The summed E-state index contributed by atoms with van der Waals surface area (Å²) >= 11 is 0. The third-order valence-electron chi connectivity index (χ3n) is 4.91. The van der Waals surface area contributed by atoms with E-state index in [-0.39, 0.29) is 18.2 Å². The molecule has 0 bridgehead atoms. The Balaban J connectivity index is 1.53. The Morgan fingerprint density at radius 1 is 1.18 bits per heavy atom. The zero-order valence-corrected chi connectivity index (χ0v) is 15.4. The van der Waals surface area contributed by atoms with Crippen LogP contribution in [-0.2, 0) is 14.3 Å². The molecule has 0 radical (unpaired) electrons. The van der Waals surface area contributed by atoms with E-state index in [9.17, 15) is 14.4 Å². The van der Waals surface area contributed by atoms with Crippen LogP contribution >= 0.6 is 0 Å². The number of esters is 1. The van der Waals surface area contributed by atoms with Gasteiger partial charge in [0.1, 0.15) is 11.8 Å². The second-order valence-electron chi connectivity index (χ2n) is 6.65. The summed E-state index contributed by atoms with van der Waals surface area (Å²) in [5.74, 6) is -0.282. The van der Waals surface area contributed by atoms with Crippen LogP contribution in [0.25, 0.3) is 0 Å². The Morgan fingerprint density at radius 2 is 1.93 bits per heavy atom. The van der Waals surface area contributed by atoms with Crippen LogP contribution < -0.4 is 10.1 Å². The van der Waals surface area contributed by atoms with E-state index in [4.69, 9.17) is 9.47 Å². The number of rotatable bonds is 5. The van der Waals surface area contributed by atoms with Crippen molar-refractivity contribution in [3.8, 4) is 5.75 Å². The van der Waals surface area contributed by atoms with Crippen molar-refractivity contribution in [3.63, 3.8) is 0 Å². The molecular formula is C21H20N2O5. The van der Waals surface area contributed by atoms with Crippen LogP contribution in [0, 0.1) is 0 Å². The molecule has 1 N–H and O–H groups in total. The van der Waals surface area contributed by atoms with Gasteiger partial charge in [0.2, 0.25) is 18.0 Å². The molecule has 2 amide bonds. The van der Waals surface area contributed by atoms with E-state index in [1.165, 1.54) is 4.90 Å². The SMILES string of the molecule is CCOc1ccc(NC(=O)[C@@H]2CCC(=O)N2[C@H]2OC(=O)c3ccccc32)cc1. The third kappa shape index (κ3) is 3.19. The van der Waals surface area contributed by atoms with Gasteiger partial charge in [-0.1, -0.05) is 18.2 Å². The molecule has 7 heteroatoms. The number of ether oxygens (including phenoxy) is 2. The van der Waals surface area contributed by atoms with Crippen molar-refractivity contribution in [1.29, 1.82) is 0 Å². The molecule has 2 aliphatic rings. The first kappa shape index (κ1) is 18.0. The van der Waals surface area contributed by atoms with Gasteiger partial charge in [-0.15, -0.1) is 0 Å². The highest BCUT2D eigenvalue weighted by Crippen LogP contribution is 2.38. The molecule has 2 aromatic carbocycles. The van der Waals surface area contributed by atoms with Gasteiger partial charge in [0.05, 0.1) is 12.2 Å². The number of nitrogens with one attached hydrogen (secondary N) is 1. The number of carbonyl (C=O) groups is 3. The lowest BCUT2D eigenvalue weighted by Gasteiger charge is -2.29. The van der Waals surface area contributed by atoms with Crippen molar-refractivity contribution >= 4 is 23.5 Å². The third-order valence-corrected chi connectivity index (χ3v) is 4.91. The fourth-order valence-corrected chi connectivity index (χ4v) is 3.61. The lowest BCUT2D eigenvalue weighted by atomic mass is 10.1. The molecule has 4 rings (SSSR count). The number of amides is 2. The first-order chi connectivity index (χ1) is 13.6. The largest absolute Gasteiger partial charge is 0.494 e. The number of fused-ring (bicyclic) bond motifs is 1. The van der Waals surface area contributed by atoms with Crippen LogP contribution in [0.3, 0.4) is 0 Å². The van der Waals surface area contributed by atoms with Crippen LogP contribution in [0.5, 0.6) is 5.75 Å². The fourth-order valence-electron chi connectivity index (χ4n) is 3.61. The lowest BCUT2D eigenvalue weighted by Crippen LogP contribution is -2.43. The zero-order chi connectivity index (χ0) is 19.7. The Kier molecular flexibility index (Phi) is 4.73. The van der Waals surface area contributed by atoms with Crippen LogP contribution in [0.15, 0.2) is 48.5 Å². The molecule has 1 fully saturated rings. The highest BCUT2D eigenvalue weighted by Gasteiger charge is 2.46. The van der Waals surface area contributed by atoms with Gasteiger partial charge in [-0.25, -0.2) is 4.79 Å². The van der Waals surface area contributed by atoms with Gasteiger partial charge < -0.3 is 14.8 Å². The minimum absolute atomic E-state index is 0.207. The maximum absolute atomic E-state index is 12.9. The van der Waals surface area contributed by atoms with Crippen molar-refractivity contribution in [2.24, 2.45) is 0 Å². The van der Waals surface area contributed by atoms with Crippen molar-refractivity contribution in [3.05, 3.63) is 59.7 Å². The van der Waals surface area contributed by atoms with Crippen LogP contribution in [0.4, 0.5) is 5.69 Å². The summed E-state index contributed by atoms with van der Waals surface area (Å²) in [5.41, 5.74) is 1.65. The number of likely N-dealkylation sites (tertiary alicyclic amines) is 1. The summed E-state index contributed by atoms with van der Waals surface area (Å²) in [6.07, 6.45) is -0.259. The van der Waals surface area contributed by atoms with E-state index < -0.39 is 18.2 Å². The molecular weight excluding hydrogens is 360 g/mol. The first-order valence-corrected chi connectivity index (χ1v) is 9.23. The quantitative estimate of drug-likeness (QED) is 0.807. The molecule has 0 spiro atoms. The summed E-state index contributed by atoms with van der Waals surface area (Å²) < 4.78 is 10.8. The maximum Gasteiger partial charge on any atom is 0.340 e. The predicted octanol–water partition coefficient (Wildman–Crippen LogP) is 2.88. The Morgan fingerprint density at radius 3 is 2.68 bits per heavy atom. The van der Waals surface area contributed by atoms with Gasteiger partial charge in [0, 0.05) is 17.7 Å². The summed E-state index contributed by atoms with van der Waals surface area (Å²) in [6, 6.07) is 13.3. The van der Waals surface area contributed by atoms with Gasteiger partial charge >= 0.3 is 5.97 Å². The standard InChI is InChI=1S/C21H20N2O5/c1-2-27-14-9-7-13(8-10-14)22-19(25)17-11-12-18(24)23(17)20-15-5-3-4-6-16(15)21(26)28-20/h3-10,17,20H,2,11-12H2,1H3,(H,22,25)/t17-,20-/m0/s1. The summed E-state index contributed by atoms with van der Waals surface area (Å²) in [7, 11) is 0. The van der Waals surface area contributed by atoms with Gasteiger partial charge in [0.15, 0.2) is 0 Å². The average Bonchev–Trinajstić information content (AvgIpc) is 3.24. The number of nitrogens with zero attached hydrogens (tertiary/aromatic N) is 1. The minimum Gasteiger partial charge on any atom is -0.494 e. The first-order valence-electron chi connectivity index (χ1n) is 9.23. The number of anilines is 1. The number of benzene rings is 2. The maximum atomic E-state index is 12.9. The van der Waals surface area contributed by atoms with Gasteiger partial charge in [-0.05, 0) is 43.7 Å². The molecule has 144 valence electrons. The smallest absolute Gasteiger partial charge is 0.340 e. The fraction of sp³-hybridized carbons (Fsp3) is 0.286. The number of hydrogen-bond acceptors (Lipinski definition) is 5. The van der Waals surface area contributed by atoms with Crippen LogP contribution in [0.2, 0.25) is 0 Å². The molecule has 0 unspecified atom stereocenters. The minimum atomic E-state index is -0.866. The monoisotopic (exact) mass is 380 g/mol. The van der Waals surface area contributed by atoms with Crippen molar-refractivity contribution < 1.29 is 23.9 Å². The number of hydrogen-bond donors (Lipinski definition) is 1. The molecule has 1 saturated heterocycles. The highest BCUT2D eigenvalue weighted by atomic mass is 16.6. The summed E-state index contributed by atoms with van der Waals surface area (Å²) in [4.78, 5) is 38.9. The molecule has 0 saturated carbocycles. The predicted molar refractivity (Wildman–Crippen MR) is 101 cm³/mol. The number of cyclic esters (lactones) is 1. The van der Waals surface area contributed by atoms with E-state index in [2.05, 4.69) is 5.32 Å². The Hall–Kier alpha value is -3.35. The molecule has 2 atom stereocenters. The average molecular weight is 380 g/mol. The van der Waals surface area contributed by atoms with Crippen LogP contribution in [0.1, 0.15) is 41.9 Å². The van der Waals surface area contributed by atoms with Gasteiger partial charge in [0.25, 0.3) is 0 Å². The molecule has 2 aromatic rings. The molecule has 28 heavy (non-hydrogen) atoms. The highest BCUT2D eigenvalue weighted by molar-refractivity contribution is 6.00. The van der Waals surface area contributed by atoms with Crippen LogP contribution in [-0.4, -0.2) is 35.3 Å². The van der Waals surface area contributed by atoms with E-state index in [1.807, 2.05) is 6.92 Å². The molecule has 2 heterocycles. The van der Waals surface area contributed by atoms with E-state index in [0.717, 1.165) is 0 Å². The normalized spacial score (nSPS) is 20.7. The molecule has 0 aromatic heterocycles. The Labute approximate surface area is 162 Å². The number of carbonyl (C=O) groups excluding carboxylic acids is 3. The molecule has 2 aliphatic heterocycles. The molecule has 7 nitrogen and oxygen atoms in total. The second-order valence-corrected chi connectivity index (χ2v) is 6.65. The van der Waals surface area contributed by atoms with E-state index >= 15 is 0 Å². The topological polar surface area (TPSA) is 84.9 Å². The van der Waals surface area contributed by atoms with Crippen molar-refractivity contribution in [1.82, 2.24) is 4.90 Å². The Bertz CT molecular complexity index is 925. The van der Waals surface area contributed by atoms with Gasteiger partial charge in [-0.3, -0.25) is 14.5 Å². The lowest BCUT2D eigenvalue weighted by molar-refractivity contribution is -0.144. The summed E-state index contributed by atoms with van der Waals surface area (Å²) in [5, 5.41) is 2.83. The second kappa shape index (κ2) is 7.34.